The summed E-state index contributed by atoms with van der Waals surface area (Å²) in [6, 6.07) is 8.08. The Kier molecular flexibility index (Phi) is 6.36. The molecule has 27 heavy (non-hydrogen) atoms. The zero-order chi connectivity index (χ0) is 20.1. The Hall–Kier alpha value is -3.13. The van der Waals surface area contributed by atoms with Gasteiger partial charge >= 0.3 is 0 Å². The Labute approximate surface area is 160 Å². The first-order valence-corrected chi connectivity index (χ1v) is 8.31. The Morgan fingerprint density at radius 1 is 1.22 bits per heavy atom. The fourth-order valence-corrected chi connectivity index (χ4v) is 2.49. The Bertz CT molecular complexity index is 901. The van der Waals surface area contributed by atoms with Gasteiger partial charge in [-0.1, -0.05) is 17.7 Å². The molecule has 0 heterocycles. The van der Waals surface area contributed by atoms with Gasteiger partial charge in [-0.3, -0.25) is 19.7 Å². The van der Waals surface area contributed by atoms with Gasteiger partial charge in [0.05, 0.1) is 17.7 Å². The van der Waals surface area contributed by atoms with Gasteiger partial charge in [0.15, 0.2) is 0 Å². The first-order valence-electron chi connectivity index (χ1n) is 7.93. The molecule has 8 nitrogen and oxygen atoms in total. The summed E-state index contributed by atoms with van der Waals surface area (Å²) < 4.78 is 5.20. The quantitative estimate of drug-likeness (QED) is 0.579. The lowest BCUT2D eigenvalue weighted by Crippen LogP contribution is -2.41. The molecule has 0 saturated heterocycles. The summed E-state index contributed by atoms with van der Waals surface area (Å²) in [7, 11) is 1.49. The average Bonchev–Trinajstić information content (AvgIpc) is 2.61. The number of nitro benzene ring substituents is 1. The van der Waals surface area contributed by atoms with E-state index in [1.807, 2.05) is 13.0 Å². The average molecular weight is 392 g/mol. The smallest absolute Gasteiger partial charge is 0.288 e. The molecule has 0 radical (unpaired) electrons. The number of nitrogens with zero attached hydrogens (tertiary/aromatic N) is 1. The molecule has 0 aliphatic rings. The van der Waals surface area contributed by atoms with E-state index in [0.717, 1.165) is 11.6 Å². The number of nitro groups is 1. The number of rotatable bonds is 6. The van der Waals surface area contributed by atoms with E-state index < -0.39 is 22.8 Å². The molecule has 0 spiro atoms. The molecule has 1 atom stereocenters. The lowest BCUT2D eigenvalue weighted by Gasteiger charge is -2.16. The molecule has 2 N–H and O–H groups in total. The molecule has 2 rings (SSSR count). The SMILES string of the molecule is COc1ccc(C)cc1NC(=O)[C@H](C)NC(=O)c1ccc(Cl)c([N+](=O)[O-])c1. The number of anilines is 1. The molecule has 9 heteroatoms. The van der Waals surface area contributed by atoms with E-state index in [4.69, 9.17) is 16.3 Å². The molecule has 2 amide bonds. The highest BCUT2D eigenvalue weighted by Crippen LogP contribution is 2.26. The number of halogens is 1. The topological polar surface area (TPSA) is 111 Å². The summed E-state index contributed by atoms with van der Waals surface area (Å²) in [5, 5.41) is 16.0. The standard InChI is InChI=1S/C18H18ClN3O5/c1-10-4-7-16(27-3)14(8-10)21-17(23)11(2)20-18(24)12-5-6-13(19)15(9-12)22(25)26/h4-9,11H,1-3H3,(H,20,24)(H,21,23)/t11-/m0/s1. The summed E-state index contributed by atoms with van der Waals surface area (Å²) in [5.74, 6) is -0.606. The Morgan fingerprint density at radius 2 is 1.93 bits per heavy atom. The molecule has 0 aliphatic heterocycles. The van der Waals surface area contributed by atoms with Gasteiger partial charge in [-0.25, -0.2) is 0 Å². The molecule has 0 aromatic heterocycles. The second-order valence-electron chi connectivity index (χ2n) is 5.81. The minimum atomic E-state index is -0.891. The predicted octanol–water partition coefficient (Wildman–Crippen LogP) is 3.32. The van der Waals surface area contributed by atoms with Crippen LogP contribution in [0.15, 0.2) is 36.4 Å². The molecule has 0 unspecified atom stereocenters. The first kappa shape index (κ1) is 20.2. The summed E-state index contributed by atoms with van der Waals surface area (Å²) in [4.78, 5) is 34.9. The Morgan fingerprint density at radius 3 is 2.56 bits per heavy atom. The van der Waals surface area contributed by atoms with Crippen LogP contribution in [0.3, 0.4) is 0 Å². The highest BCUT2D eigenvalue weighted by molar-refractivity contribution is 6.32. The van der Waals surface area contributed by atoms with Crippen LogP contribution in [0, 0.1) is 17.0 Å². The van der Waals surface area contributed by atoms with Gasteiger partial charge < -0.3 is 15.4 Å². The number of methoxy groups -OCH3 is 1. The van der Waals surface area contributed by atoms with Gasteiger partial charge in [-0.2, -0.15) is 0 Å². The number of nitrogens with one attached hydrogen (secondary N) is 2. The fourth-order valence-electron chi connectivity index (χ4n) is 2.30. The minimum absolute atomic E-state index is 0.0267. The normalized spacial score (nSPS) is 11.4. The monoisotopic (exact) mass is 391 g/mol. The third-order valence-electron chi connectivity index (χ3n) is 3.76. The molecule has 142 valence electrons. The van der Waals surface area contributed by atoms with E-state index in [2.05, 4.69) is 10.6 Å². The zero-order valence-electron chi connectivity index (χ0n) is 14.9. The number of amides is 2. The van der Waals surface area contributed by atoms with Crippen molar-refractivity contribution in [2.75, 3.05) is 12.4 Å². The van der Waals surface area contributed by atoms with Gasteiger partial charge in [-0.15, -0.1) is 0 Å². The third kappa shape index (κ3) is 4.95. The maximum atomic E-state index is 12.4. The number of hydrogen-bond acceptors (Lipinski definition) is 5. The minimum Gasteiger partial charge on any atom is -0.495 e. The van der Waals surface area contributed by atoms with Crippen LogP contribution in [0.1, 0.15) is 22.8 Å². The van der Waals surface area contributed by atoms with Crippen molar-refractivity contribution < 1.29 is 19.2 Å². The maximum Gasteiger partial charge on any atom is 0.288 e. The number of ether oxygens (including phenoxy) is 1. The lowest BCUT2D eigenvalue weighted by molar-refractivity contribution is -0.384. The second-order valence-corrected chi connectivity index (χ2v) is 6.22. The number of carbonyl (C=O) groups is 2. The molecular weight excluding hydrogens is 374 g/mol. The summed E-state index contributed by atoms with van der Waals surface area (Å²) >= 11 is 5.73. The van der Waals surface area contributed by atoms with Crippen molar-refractivity contribution in [2.45, 2.75) is 19.9 Å². The maximum absolute atomic E-state index is 12.4. The van der Waals surface area contributed by atoms with Crippen molar-refractivity contribution in [3.8, 4) is 5.75 Å². The third-order valence-corrected chi connectivity index (χ3v) is 4.08. The van der Waals surface area contributed by atoms with E-state index in [9.17, 15) is 19.7 Å². The zero-order valence-corrected chi connectivity index (χ0v) is 15.7. The first-order chi connectivity index (χ1) is 12.7. The lowest BCUT2D eigenvalue weighted by atomic mass is 10.1. The van der Waals surface area contributed by atoms with E-state index in [1.165, 1.54) is 26.2 Å². The highest BCUT2D eigenvalue weighted by Gasteiger charge is 2.21. The van der Waals surface area contributed by atoms with Gasteiger partial charge in [0, 0.05) is 11.6 Å². The van der Waals surface area contributed by atoms with Gasteiger partial charge in [-0.05, 0) is 43.7 Å². The van der Waals surface area contributed by atoms with Crippen molar-refractivity contribution in [2.24, 2.45) is 0 Å². The van der Waals surface area contributed by atoms with Crippen LogP contribution in [0.4, 0.5) is 11.4 Å². The molecule has 0 fully saturated rings. The fraction of sp³-hybridized carbons (Fsp3) is 0.222. The van der Waals surface area contributed by atoms with Crippen LogP contribution >= 0.6 is 11.6 Å². The van der Waals surface area contributed by atoms with Crippen LogP contribution < -0.4 is 15.4 Å². The van der Waals surface area contributed by atoms with Crippen LogP contribution in [-0.4, -0.2) is 29.9 Å². The van der Waals surface area contributed by atoms with E-state index in [-0.39, 0.29) is 16.3 Å². The van der Waals surface area contributed by atoms with Crippen molar-refractivity contribution in [3.05, 3.63) is 62.7 Å². The number of hydrogen-bond donors (Lipinski definition) is 2. The van der Waals surface area contributed by atoms with Crippen LogP contribution in [-0.2, 0) is 4.79 Å². The van der Waals surface area contributed by atoms with E-state index in [0.29, 0.717) is 11.4 Å². The molecular formula is C18H18ClN3O5. The molecule has 2 aromatic carbocycles. The van der Waals surface area contributed by atoms with Gasteiger partial charge in [0.1, 0.15) is 16.8 Å². The predicted molar refractivity (Wildman–Crippen MR) is 101 cm³/mol. The van der Waals surface area contributed by atoms with Crippen LogP contribution in [0.2, 0.25) is 5.02 Å². The highest BCUT2D eigenvalue weighted by atomic mass is 35.5. The number of benzene rings is 2. The molecule has 2 aromatic rings. The van der Waals surface area contributed by atoms with Crippen molar-refractivity contribution >= 4 is 34.8 Å². The van der Waals surface area contributed by atoms with E-state index in [1.54, 1.807) is 12.1 Å². The second kappa shape index (κ2) is 8.50. The van der Waals surface area contributed by atoms with Crippen molar-refractivity contribution in [1.82, 2.24) is 5.32 Å². The van der Waals surface area contributed by atoms with Gasteiger partial charge in [0.25, 0.3) is 11.6 Å². The summed E-state index contributed by atoms with van der Waals surface area (Å²) in [5.41, 5.74) is 1.05. The number of aryl methyl sites for hydroxylation is 1. The van der Waals surface area contributed by atoms with Crippen molar-refractivity contribution in [1.29, 1.82) is 0 Å². The molecule has 0 aliphatic carbocycles. The Balaban J connectivity index is 2.10. The van der Waals surface area contributed by atoms with E-state index >= 15 is 0 Å². The molecule has 0 saturated carbocycles. The largest absolute Gasteiger partial charge is 0.495 e. The van der Waals surface area contributed by atoms with Crippen LogP contribution in [0.25, 0.3) is 0 Å². The van der Waals surface area contributed by atoms with Crippen molar-refractivity contribution in [3.63, 3.8) is 0 Å². The summed E-state index contributed by atoms with van der Waals surface area (Å²) in [6.07, 6.45) is 0. The number of carbonyl (C=O) groups excluding carboxylic acids is 2. The summed E-state index contributed by atoms with van der Waals surface area (Å²) in [6.45, 7) is 3.37. The van der Waals surface area contributed by atoms with Crippen LogP contribution in [0.5, 0.6) is 5.75 Å². The molecule has 0 bridgehead atoms. The van der Waals surface area contributed by atoms with Gasteiger partial charge in [0.2, 0.25) is 5.91 Å².